The highest BCUT2D eigenvalue weighted by Gasteiger charge is 2.11. The van der Waals surface area contributed by atoms with Gasteiger partial charge in [-0.25, -0.2) is 9.38 Å². The lowest BCUT2D eigenvalue weighted by Gasteiger charge is -2.18. The number of rotatable bonds is 9. The molecule has 144 valence electrons. The topological polar surface area (TPSA) is 54.9 Å². The summed E-state index contributed by atoms with van der Waals surface area (Å²) >= 11 is 0. The van der Waals surface area contributed by atoms with Gasteiger partial charge in [0.15, 0.2) is 17.5 Å². The van der Waals surface area contributed by atoms with Gasteiger partial charge in [-0.15, -0.1) is 0 Å². The first kappa shape index (κ1) is 20.2. The van der Waals surface area contributed by atoms with Gasteiger partial charge in [0.05, 0.1) is 19.8 Å². The number of nitrogens with one attached hydrogen (secondary N) is 2. The molecule has 1 aromatic rings. The zero-order chi connectivity index (χ0) is 18.6. The standard InChI is InChI=1S/C20H30FN3O2/c1-3-17(26-19-8-6-5-7-18(19)21)15-24-20(22-4-2)23-12-9-16-10-13-25-14-11-16/h5-8,10,17H,3-4,9,11-15H2,1-2H3,(H2,22,23,24). The number of halogens is 1. The highest BCUT2D eigenvalue weighted by Crippen LogP contribution is 2.18. The van der Waals surface area contributed by atoms with Gasteiger partial charge in [0.25, 0.3) is 0 Å². The van der Waals surface area contributed by atoms with Crippen molar-refractivity contribution in [3.05, 3.63) is 41.7 Å². The largest absolute Gasteiger partial charge is 0.485 e. The van der Waals surface area contributed by atoms with Crippen LogP contribution >= 0.6 is 0 Å². The molecule has 0 fully saturated rings. The summed E-state index contributed by atoms with van der Waals surface area (Å²) in [5.41, 5.74) is 1.42. The second-order valence-corrected chi connectivity index (χ2v) is 6.16. The maximum atomic E-state index is 13.7. The molecule has 0 radical (unpaired) electrons. The molecule has 2 rings (SSSR count). The van der Waals surface area contributed by atoms with Crippen molar-refractivity contribution < 1.29 is 13.9 Å². The highest BCUT2D eigenvalue weighted by atomic mass is 19.1. The van der Waals surface area contributed by atoms with Crippen molar-refractivity contribution in [2.24, 2.45) is 4.99 Å². The first-order chi connectivity index (χ1) is 12.7. The molecule has 0 aromatic heterocycles. The predicted molar refractivity (Wildman–Crippen MR) is 103 cm³/mol. The number of nitrogens with zero attached hydrogens (tertiary/aromatic N) is 1. The molecule has 1 aliphatic rings. The van der Waals surface area contributed by atoms with Crippen molar-refractivity contribution in [2.45, 2.75) is 39.2 Å². The van der Waals surface area contributed by atoms with Crippen LogP contribution in [-0.4, -0.2) is 44.9 Å². The Kier molecular flexibility index (Phi) is 8.96. The number of guanidine groups is 1. The van der Waals surface area contributed by atoms with Crippen molar-refractivity contribution in [1.29, 1.82) is 0 Å². The second-order valence-electron chi connectivity index (χ2n) is 6.16. The van der Waals surface area contributed by atoms with E-state index >= 15 is 0 Å². The molecule has 5 nitrogen and oxygen atoms in total. The maximum Gasteiger partial charge on any atom is 0.191 e. The van der Waals surface area contributed by atoms with Gasteiger partial charge in [-0.1, -0.05) is 30.7 Å². The molecule has 0 spiro atoms. The number of ether oxygens (including phenoxy) is 2. The Morgan fingerprint density at radius 1 is 1.31 bits per heavy atom. The average molecular weight is 363 g/mol. The van der Waals surface area contributed by atoms with Gasteiger partial charge < -0.3 is 20.1 Å². The monoisotopic (exact) mass is 363 g/mol. The van der Waals surface area contributed by atoms with Crippen LogP contribution < -0.4 is 15.4 Å². The number of para-hydroxylation sites is 1. The summed E-state index contributed by atoms with van der Waals surface area (Å²) in [7, 11) is 0. The van der Waals surface area contributed by atoms with Crippen LogP contribution in [0.1, 0.15) is 33.1 Å². The minimum atomic E-state index is -0.343. The quantitative estimate of drug-likeness (QED) is 0.402. The van der Waals surface area contributed by atoms with Crippen LogP contribution in [0.5, 0.6) is 5.75 Å². The maximum absolute atomic E-state index is 13.7. The van der Waals surface area contributed by atoms with Crippen LogP contribution in [0.15, 0.2) is 40.9 Å². The van der Waals surface area contributed by atoms with Gasteiger partial charge in [0.1, 0.15) is 6.10 Å². The van der Waals surface area contributed by atoms with E-state index in [1.54, 1.807) is 18.2 Å². The van der Waals surface area contributed by atoms with Crippen molar-refractivity contribution in [1.82, 2.24) is 10.6 Å². The highest BCUT2D eigenvalue weighted by molar-refractivity contribution is 5.79. The van der Waals surface area contributed by atoms with Crippen LogP contribution in [0.2, 0.25) is 0 Å². The van der Waals surface area contributed by atoms with Crippen molar-refractivity contribution in [3.8, 4) is 5.75 Å². The van der Waals surface area contributed by atoms with E-state index in [2.05, 4.69) is 21.7 Å². The lowest BCUT2D eigenvalue weighted by Crippen LogP contribution is -2.39. The lowest BCUT2D eigenvalue weighted by atomic mass is 10.1. The third kappa shape index (κ3) is 7.04. The molecule has 1 heterocycles. The Morgan fingerprint density at radius 2 is 2.15 bits per heavy atom. The fraction of sp³-hybridized carbons (Fsp3) is 0.550. The third-order valence-electron chi connectivity index (χ3n) is 4.18. The lowest BCUT2D eigenvalue weighted by molar-refractivity contribution is 0.153. The van der Waals surface area contributed by atoms with Crippen LogP contribution in [-0.2, 0) is 4.74 Å². The van der Waals surface area contributed by atoms with Gasteiger partial charge >= 0.3 is 0 Å². The smallest absolute Gasteiger partial charge is 0.191 e. The molecule has 0 saturated carbocycles. The Morgan fingerprint density at radius 3 is 2.85 bits per heavy atom. The Hall–Kier alpha value is -2.08. The van der Waals surface area contributed by atoms with E-state index in [1.165, 1.54) is 11.6 Å². The third-order valence-corrected chi connectivity index (χ3v) is 4.18. The Labute approximate surface area is 155 Å². The molecule has 1 aromatic carbocycles. The van der Waals surface area contributed by atoms with E-state index in [0.29, 0.717) is 6.54 Å². The first-order valence-corrected chi connectivity index (χ1v) is 9.42. The van der Waals surface area contributed by atoms with Gasteiger partial charge in [-0.05, 0) is 38.3 Å². The first-order valence-electron chi connectivity index (χ1n) is 9.42. The van der Waals surface area contributed by atoms with Crippen molar-refractivity contribution in [2.75, 3.05) is 32.8 Å². The van der Waals surface area contributed by atoms with Crippen LogP contribution in [0.25, 0.3) is 0 Å². The zero-order valence-corrected chi connectivity index (χ0v) is 15.8. The molecule has 1 unspecified atom stereocenters. The summed E-state index contributed by atoms with van der Waals surface area (Å²) in [6.07, 6.45) is 4.73. The zero-order valence-electron chi connectivity index (χ0n) is 15.8. The predicted octanol–water partition coefficient (Wildman–Crippen LogP) is 3.28. The Bertz CT molecular complexity index is 604. The molecule has 0 bridgehead atoms. The molecule has 2 N–H and O–H groups in total. The molecule has 6 heteroatoms. The summed E-state index contributed by atoms with van der Waals surface area (Å²) in [6.45, 7) is 7.65. The SMILES string of the molecule is CCNC(=NCC(CC)Oc1ccccc1F)NCCC1=CCOCC1. The molecular formula is C20H30FN3O2. The van der Waals surface area contributed by atoms with Crippen molar-refractivity contribution >= 4 is 5.96 Å². The molecule has 1 aliphatic heterocycles. The van der Waals surface area contributed by atoms with Gasteiger partial charge in [0, 0.05) is 13.1 Å². The van der Waals surface area contributed by atoms with E-state index in [-0.39, 0.29) is 17.7 Å². The van der Waals surface area contributed by atoms with Gasteiger partial charge in [-0.3, -0.25) is 0 Å². The number of aliphatic imine (C=N–C) groups is 1. The van der Waals surface area contributed by atoms with Gasteiger partial charge in [-0.2, -0.15) is 0 Å². The number of benzene rings is 1. The summed E-state index contributed by atoms with van der Waals surface area (Å²) in [5, 5.41) is 6.59. The minimum absolute atomic E-state index is 0.166. The summed E-state index contributed by atoms with van der Waals surface area (Å²) in [5.74, 6) is 0.694. The summed E-state index contributed by atoms with van der Waals surface area (Å²) < 4.78 is 24.8. The van der Waals surface area contributed by atoms with Crippen LogP contribution in [0, 0.1) is 5.82 Å². The molecule has 0 amide bonds. The second kappa shape index (κ2) is 11.5. The summed E-state index contributed by atoms with van der Waals surface area (Å²) in [6, 6.07) is 6.47. The fourth-order valence-corrected chi connectivity index (χ4v) is 2.64. The Balaban J connectivity index is 1.85. The molecule has 1 atom stereocenters. The van der Waals surface area contributed by atoms with Gasteiger partial charge in [0.2, 0.25) is 0 Å². The van der Waals surface area contributed by atoms with E-state index < -0.39 is 0 Å². The molecule has 26 heavy (non-hydrogen) atoms. The van der Waals surface area contributed by atoms with Crippen LogP contribution in [0.4, 0.5) is 4.39 Å². The summed E-state index contributed by atoms with van der Waals surface area (Å²) in [4.78, 5) is 4.60. The number of hydrogen-bond donors (Lipinski definition) is 2. The normalized spacial score (nSPS) is 16.0. The molecule has 0 saturated heterocycles. The minimum Gasteiger partial charge on any atom is -0.485 e. The number of hydrogen-bond acceptors (Lipinski definition) is 3. The molecular weight excluding hydrogens is 333 g/mol. The van der Waals surface area contributed by atoms with E-state index in [1.807, 2.05) is 13.8 Å². The van der Waals surface area contributed by atoms with E-state index in [0.717, 1.165) is 51.5 Å². The average Bonchev–Trinajstić information content (AvgIpc) is 2.67. The fourth-order valence-electron chi connectivity index (χ4n) is 2.64. The molecule has 0 aliphatic carbocycles. The van der Waals surface area contributed by atoms with Crippen molar-refractivity contribution in [3.63, 3.8) is 0 Å². The van der Waals surface area contributed by atoms with Crippen LogP contribution in [0.3, 0.4) is 0 Å². The van der Waals surface area contributed by atoms with E-state index in [4.69, 9.17) is 9.47 Å². The van der Waals surface area contributed by atoms with E-state index in [9.17, 15) is 4.39 Å².